The zero-order valence-electron chi connectivity index (χ0n) is 9.25. The molecule has 0 fully saturated rings. The van der Waals surface area contributed by atoms with Crippen LogP contribution in [0.25, 0.3) is 0 Å². The van der Waals surface area contributed by atoms with Crippen LogP contribution in [0.2, 0.25) is 5.02 Å². The summed E-state index contributed by atoms with van der Waals surface area (Å²) in [4.78, 5) is 0. The topological polar surface area (TPSA) is 0 Å². The summed E-state index contributed by atoms with van der Waals surface area (Å²) in [5.74, 6) is 0. The maximum absolute atomic E-state index is 6.16. The highest BCUT2D eigenvalue weighted by atomic mass is 35.5. The molecule has 0 bridgehead atoms. The van der Waals surface area contributed by atoms with E-state index in [0.29, 0.717) is 5.66 Å². The fourth-order valence-electron chi connectivity index (χ4n) is 1.26. The second kappa shape index (κ2) is 5.94. The Bertz CT molecular complexity index is 354. The molecule has 0 amide bonds. The molecule has 0 radical (unpaired) electrons. The van der Waals surface area contributed by atoms with E-state index in [2.05, 4.69) is 26.8 Å². The van der Waals surface area contributed by atoms with Gasteiger partial charge in [0.25, 0.3) is 0 Å². The Kier molecular flexibility index (Phi) is 5.18. The molecule has 0 saturated heterocycles. The average Bonchev–Trinajstić information content (AvgIpc) is 2.17. The van der Waals surface area contributed by atoms with Gasteiger partial charge in [-0.1, -0.05) is 37.6 Å². The molecule has 1 aromatic rings. The molecule has 1 unspecified atom stereocenters. The summed E-state index contributed by atoms with van der Waals surface area (Å²) < 4.78 is 0.965. The van der Waals surface area contributed by atoms with Crippen molar-refractivity contribution in [2.75, 3.05) is 0 Å². The highest BCUT2D eigenvalue weighted by Gasteiger charge is 2.02. The SMILES string of the molecule is CCC(C)P=C([S-])c1c(C)cccc1Cl. The lowest BCUT2D eigenvalue weighted by molar-refractivity contribution is 0.906. The third-order valence-corrected chi connectivity index (χ3v) is 4.46. The molecule has 0 nitrogen and oxygen atoms in total. The molecule has 82 valence electrons. The first-order valence-corrected chi connectivity index (χ1v) is 6.81. The zero-order chi connectivity index (χ0) is 11.4. The van der Waals surface area contributed by atoms with E-state index >= 15 is 0 Å². The summed E-state index contributed by atoms with van der Waals surface area (Å²) in [6, 6.07) is 5.92. The van der Waals surface area contributed by atoms with Crippen molar-refractivity contribution in [2.45, 2.75) is 32.9 Å². The average molecular weight is 258 g/mol. The predicted octanol–water partition coefficient (Wildman–Crippen LogP) is 4.42. The lowest BCUT2D eigenvalue weighted by Crippen LogP contribution is -2.00. The second-order valence-electron chi connectivity index (χ2n) is 3.62. The summed E-state index contributed by atoms with van der Waals surface area (Å²) in [6.07, 6.45) is 1.14. The van der Waals surface area contributed by atoms with Gasteiger partial charge in [0.15, 0.2) is 0 Å². The molecule has 0 saturated carbocycles. The first-order chi connectivity index (χ1) is 7.06. The summed E-state index contributed by atoms with van der Waals surface area (Å²) in [5.41, 5.74) is 2.83. The molecule has 0 spiro atoms. The fourth-order valence-corrected chi connectivity index (χ4v) is 3.52. The third kappa shape index (κ3) is 3.52. The van der Waals surface area contributed by atoms with E-state index in [9.17, 15) is 0 Å². The van der Waals surface area contributed by atoms with E-state index in [1.807, 2.05) is 12.1 Å². The molecule has 0 aliphatic carbocycles. The van der Waals surface area contributed by atoms with E-state index in [1.54, 1.807) is 0 Å². The maximum Gasteiger partial charge on any atom is 0.0467 e. The van der Waals surface area contributed by atoms with E-state index < -0.39 is 0 Å². The highest BCUT2D eigenvalue weighted by Crippen LogP contribution is 2.25. The van der Waals surface area contributed by atoms with Crippen molar-refractivity contribution in [2.24, 2.45) is 0 Å². The van der Waals surface area contributed by atoms with Crippen LogP contribution in [-0.4, -0.2) is 10.3 Å². The smallest absolute Gasteiger partial charge is 0.0467 e. The van der Waals surface area contributed by atoms with Gasteiger partial charge in [-0.25, -0.2) is 0 Å². The fraction of sp³-hybridized carbons (Fsp3) is 0.417. The lowest BCUT2D eigenvalue weighted by atomic mass is 10.1. The van der Waals surface area contributed by atoms with Crippen LogP contribution < -0.4 is 0 Å². The first-order valence-electron chi connectivity index (χ1n) is 5.06. The van der Waals surface area contributed by atoms with Gasteiger partial charge in [0.2, 0.25) is 0 Å². The molecular weight excluding hydrogens is 243 g/mol. The van der Waals surface area contributed by atoms with Gasteiger partial charge in [-0.3, -0.25) is 0 Å². The molecule has 0 aliphatic heterocycles. The van der Waals surface area contributed by atoms with Crippen molar-refractivity contribution < 1.29 is 0 Å². The third-order valence-electron chi connectivity index (χ3n) is 2.36. The Hall–Kier alpha value is 0.0300. The van der Waals surface area contributed by atoms with E-state index in [4.69, 9.17) is 24.2 Å². The van der Waals surface area contributed by atoms with Crippen molar-refractivity contribution in [1.29, 1.82) is 0 Å². The molecule has 3 heteroatoms. The van der Waals surface area contributed by atoms with E-state index in [-0.39, 0.29) is 0 Å². The zero-order valence-corrected chi connectivity index (χ0v) is 11.7. The van der Waals surface area contributed by atoms with Crippen LogP contribution >= 0.6 is 19.8 Å². The molecule has 1 atom stereocenters. The van der Waals surface area contributed by atoms with Gasteiger partial charge in [-0.05, 0) is 36.2 Å². The Labute approximate surface area is 104 Å². The minimum Gasteiger partial charge on any atom is -0.752 e. The van der Waals surface area contributed by atoms with Crippen molar-refractivity contribution in [3.63, 3.8) is 0 Å². The van der Waals surface area contributed by atoms with Crippen LogP contribution in [0.15, 0.2) is 18.2 Å². The van der Waals surface area contributed by atoms with Gasteiger partial charge < -0.3 is 12.6 Å². The van der Waals surface area contributed by atoms with Crippen LogP contribution in [0, 0.1) is 6.92 Å². The number of hydrogen-bond donors (Lipinski definition) is 0. The van der Waals surface area contributed by atoms with Gasteiger partial charge in [-0.15, -0.1) is 8.20 Å². The Morgan fingerprint density at radius 2 is 2.20 bits per heavy atom. The van der Waals surface area contributed by atoms with E-state index in [1.165, 1.54) is 13.8 Å². The molecule has 15 heavy (non-hydrogen) atoms. The van der Waals surface area contributed by atoms with Crippen LogP contribution in [0.3, 0.4) is 0 Å². The second-order valence-corrected chi connectivity index (χ2v) is 6.33. The minimum atomic E-state index is 0.605. The summed E-state index contributed by atoms with van der Waals surface area (Å²) in [5, 5.41) is 0.774. The van der Waals surface area contributed by atoms with Crippen LogP contribution in [-0.2, 0) is 12.6 Å². The Morgan fingerprint density at radius 1 is 1.53 bits per heavy atom. The summed E-state index contributed by atoms with van der Waals surface area (Å²) in [6.45, 7) is 6.44. The van der Waals surface area contributed by atoms with Crippen molar-refractivity contribution >= 4 is 37.1 Å². The van der Waals surface area contributed by atoms with Gasteiger partial charge in [0.1, 0.15) is 0 Å². The van der Waals surface area contributed by atoms with Crippen molar-refractivity contribution in [3.05, 3.63) is 34.3 Å². The monoisotopic (exact) mass is 257 g/mol. The number of benzene rings is 1. The predicted molar refractivity (Wildman–Crippen MR) is 74.3 cm³/mol. The maximum atomic E-state index is 6.16. The van der Waals surface area contributed by atoms with Gasteiger partial charge in [0.05, 0.1) is 0 Å². The largest absolute Gasteiger partial charge is 0.752 e. The molecule has 0 N–H and O–H groups in total. The van der Waals surface area contributed by atoms with Crippen molar-refractivity contribution in [3.8, 4) is 0 Å². The minimum absolute atomic E-state index is 0.605. The Balaban J connectivity index is 3.10. The van der Waals surface area contributed by atoms with Crippen molar-refractivity contribution in [1.82, 2.24) is 0 Å². The molecule has 0 heterocycles. The van der Waals surface area contributed by atoms with Crippen LogP contribution in [0.5, 0.6) is 0 Å². The Morgan fingerprint density at radius 3 is 2.73 bits per heavy atom. The number of rotatable bonds is 3. The lowest BCUT2D eigenvalue weighted by Gasteiger charge is -2.18. The van der Waals surface area contributed by atoms with Gasteiger partial charge in [-0.2, -0.15) is 4.63 Å². The van der Waals surface area contributed by atoms with Gasteiger partial charge >= 0.3 is 0 Å². The highest BCUT2D eigenvalue weighted by molar-refractivity contribution is 7.88. The standard InChI is InChI=1S/C12H16ClPS/c1-4-9(3)14-12(15)11-8(2)6-5-7-10(11)13/h5-7,9,15H,4H2,1-3H3/p-1. The number of hydrogen-bond acceptors (Lipinski definition) is 1. The first kappa shape index (κ1) is 13.1. The summed E-state index contributed by atoms with van der Waals surface area (Å²) in [7, 11) is 1.21. The molecule has 1 rings (SSSR count). The molecular formula is C12H15ClPS-. The normalized spacial score (nSPS) is 14.1. The molecule has 0 aliphatic rings. The van der Waals surface area contributed by atoms with E-state index in [0.717, 1.165) is 21.6 Å². The molecule has 0 aromatic heterocycles. The summed E-state index contributed by atoms with van der Waals surface area (Å²) >= 11 is 11.6. The number of aryl methyl sites for hydroxylation is 1. The number of halogens is 1. The van der Waals surface area contributed by atoms with Gasteiger partial charge in [0, 0.05) is 5.02 Å². The van der Waals surface area contributed by atoms with Crippen LogP contribution in [0.1, 0.15) is 31.4 Å². The molecule has 1 aromatic carbocycles. The van der Waals surface area contributed by atoms with Crippen LogP contribution in [0.4, 0.5) is 0 Å². The quantitative estimate of drug-likeness (QED) is 0.571.